The summed E-state index contributed by atoms with van der Waals surface area (Å²) in [4.78, 5) is 19.5. The number of carbonyl (C=O) groups is 1. The van der Waals surface area contributed by atoms with Crippen molar-refractivity contribution < 1.29 is 9.53 Å². The molecule has 1 aliphatic heterocycles. The molecule has 0 radical (unpaired) electrons. The van der Waals surface area contributed by atoms with Crippen molar-refractivity contribution in [3.8, 4) is 5.75 Å². The van der Waals surface area contributed by atoms with Gasteiger partial charge in [-0.1, -0.05) is 23.7 Å². The summed E-state index contributed by atoms with van der Waals surface area (Å²) in [7, 11) is 0. The minimum absolute atomic E-state index is 0.0754. The molecule has 0 saturated carbocycles. The Morgan fingerprint density at radius 3 is 3.07 bits per heavy atom. The van der Waals surface area contributed by atoms with E-state index in [1.807, 2.05) is 36.1 Å². The minimum atomic E-state index is 0.0754. The molecule has 3 aromatic rings. The van der Waals surface area contributed by atoms with Gasteiger partial charge in [0.25, 0.3) is 5.91 Å². The van der Waals surface area contributed by atoms with E-state index in [0.29, 0.717) is 30.3 Å². The zero-order chi connectivity index (χ0) is 19.5. The van der Waals surface area contributed by atoms with Crippen molar-refractivity contribution in [2.24, 2.45) is 0 Å². The van der Waals surface area contributed by atoms with E-state index in [2.05, 4.69) is 21.2 Å². The van der Waals surface area contributed by atoms with Crippen LogP contribution >= 0.6 is 22.9 Å². The van der Waals surface area contributed by atoms with E-state index in [4.69, 9.17) is 16.3 Å². The third kappa shape index (κ3) is 4.05. The molecule has 4 rings (SSSR count). The fourth-order valence-electron chi connectivity index (χ4n) is 3.39. The monoisotopic (exact) mass is 416 g/mol. The molecule has 1 aromatic carbocycles. The van der Waals surface area contributed by atoms with Gasteiger partial charge >= 0.3 is 0 Å². The predicted molar refractivity (Wildman–Crippen MR) is 109 cm³/mol. The van der Waals surface area contributed by atoms with Gasteiger partial charge < -0.3 is 9.64 Å². The van der Waals surface area contributed by atoms with Crippen LogP contribution in [0.25, 0.3) is 0 Å². The molecule has 1 N–H and O–H groups in total. The second-order valence-electron chi connectivity index (χ2n) is 6.85. The molecule has 1 saturated heterocycles. The summed E-state index contributed by atoms with van der Waals surface area (Å²) in [5.41, 5.74) is 4.55. The van der Waals surface area contributed by atoms with E-state index in [1.54, 1.807) is 5.51 Å². The predicted octanol–water partition coefficient (Wildman–Crippen LogP) is 4.08. The first-order chi connectivity index (χ1) is 13.6. The molecule has 146 valence electrons. The number of rotatable bonds is 6. The van der Waals surface area contributed by atoms with Crippen LogP contribution in [0.5, 0.6) is 5.75 Å². The van der Waals surface area contributed by atoms with Crippen LogP contribution in [0.4, 0.5) is 0 Å². The third-order valence-corrected chi connectivity index (χ3v) is 6.18. The summed E-state index contributed by atoms with van der Waals surface area (Å²) >= 11 is 7.51. The lowest BCUT2D eigenvalue weighted by Crippen LogP contribution is -2.28. The summed E-state index contributed by atoms with van der Waals surface area (Å²) in [6, 6.07) is 9.52. The van der Waals surface area contributed by atoms with Crippen LogP contribution in [-0.4, -0.2) is 45.7 Å². The second kappa shape index (κ2) is 8.32. The fourth-order valence-corrected chi connectivity index (χ4v) is 4.35. The summed E-state index contributed by atoms with van der Waals surface area (Å²) in [6.07, 6.45) is 1.64. The first-order valence-electron chi connectivity index (χ1n) is 9.22. The topological polar surface area (TPSA) is 71.1 Å². The van der Waals surface area contributed by atoms with Gasteiger partial charge in [-0.25, -0.2) is 4.98 Å². The highest BCUT2D eigenvalue weighted by atomic mass is 35.5. The van der Waals surface area contributed by atoms with Crippen LogP contribution in [0.3, 0.4) is 0 Å². The van der Waals surface area contributed by atoms with Crippen molar-refractivity contribution in [2.75, 3.05) is 19.7 Å². The Hall–Kier alpha value is -2.38. The number of likely N-dealkylation sites (tertiary alicyclic amines) is 1. The highest BCUT2D eigenvalue weighted by Crippen LogP contribution is 2.29. The molecule has 8 heteroatoms. The van der Waals surface area contributed by atoms with Gasteiger partial charge in [0, 0.05) is 31.1 Å². The molecule has 1 amide bonds. The van der Waals surface area contributed by atoms with E-state index < -0.39 is 0 Å². The number of hydrogen-bond acceptors (Lipinski definition) is 5. The Balaban J connectivity index is 1.31. The molecule has 0 unspecified atom stereocenters. The number of amides is 1. The Morgan fingerprint density at radius 1 is 1.43 bits per heavy atom. The standard InChI is InChI=1S/C20H21ClN4O2S/c1-13-19(28-12-22-13)20(26)25-8-6-14(11-25)17-10-15(23-24-17)7-9-27-18-5-3-2-4-16(18)21/h2-5,10,12,14H,6-9,11H2,1H3,(H,23,24)/t14-/m0/s1. The smallest absolute Gasteiger partial charge is 0.265 e. The summed E-state index contributed by atoms with van der Waals surface area (Å²) in [5.74, 6) is 1.02. The van der Waals surface area contributed by atoms with Gasteiger partial charge in [0.05, 0.1) is 28.5 Å². The lowest BCUT2D eigenvalue weighted by molar-refractivity contribution is 0.0794. The SMILES string of the molecule is Cc1ncsc1C(=O)N1CC[C@H](c2cc(CCOc3ccccc3Cl)[nH]n2)C1. The molecule has 0 bridgehead atoms. The Morgan fingerprint density at radius 2 is 2.29 bits per heavy atom. The highest BCUT2D eigenvalue weighted by molar-refractivity contribution is 7.11. The minimum Gasteiger partial charge on any atom is -0.492 e. The van der Waals surface area contributed by atoms with E-state index in [-0.39, 0.29) is 11.8 Å². The molecule has 0 aliphatic carbocycles. The molecule has 1 atom stereocenters. The van der Waals surface area contributed by atoms with E-state index >= 15 is 0 Å². The molecule has 3 heterocycles. The third-order valence-electron chi connectivity index (χ3n) is 4.95. The largest absolute Gasteiger partial charge is 0.492 e. The zero-order valence-corrected chi connectivity index (χ0v) is 17.1. The van der Waals surface area contributed by atoms with Gasteiger partial charge in [0.2, 0.25) is 0 Å². The number of aryl methyl sites for hydroxylation is 1. The maximum atomic E-state index is 12.7. The molecule has 28 heavy (non-hydrogen) atoms. The van der Waals surface area contributed by atoms with Crippen molar-refractivity contribution >= 4 is 28.8 Å². The fraction of sp³-hybridized carbons (Fsp3) is 0.350. The number of thiazole rings is 1. The van der Waals surface area contributed by atoms with Crippen LogP contribution in [0.15, 0.2) is 35.8 Å². The van der Waals surface area contributed by atoms with Crippen molar-refractivity contribution in [3.05, 3.63) is 62.8 Å². The van der Waals surface area contributed by atoms with Gasteiger partial charge in [-0.2, -0.15) is 5.10 Å². The molecule has 0 spiro atoms. The molecule has 1 fully saturated rings. The lowest BCUT2D eigenvalue weighted by Gasteiger charge is -2.15. The van der Waals surface area contributed by atoms with Crippen LogP contribution in [0, 0.1) is 6.92 Å². The number of hydrogen-bond donors (Lipinski definition) is 1. The molecule has 6 nitrogen and oxygen atoms in total. The summed E-state index contributed by atoms with van der Waals surface area (Å²) in [6.45, 7) is 3.84. The number of benzene rings is 1. The van der Waals surface area contributed by atoms with Crippen molar-refractivity contribution in [1.82, 2.24) is 20.1 Å². The number of nitrogens with one attached hydrogen (secondary N) is 1. The lowest BCUT2D eigenvalue weighted by atomic mass is 10.0. The van der Waals surface area contributed by atoms with Crippen molar-refractivity contribution in [2.45, 2.75) is 25.7 Å². The van der Waals surface area contributed by atoms with Crippen molar-refractivity contribution in [1.29, 1.82) is 0 Å². The maximum Gasteiger partial charge on any atom is 0.265 e. The average molecular weight is 417 g/mol. The number of aromatic nitrogens is 3. The highest BCUT2D eigenvalue weighted by Gasteiger charge is 2.30. The molecular formula is C20H21ClN4O2S. The number of aromatic amines is 1. The number of nitrogens with zero attached hydrogens (tertiary/aromatic N) is 3. The number of ether oxygens (including phenoxy) is 1. The Kier molecular flexibility index (Phi) is 5.64. The number of carbonyl (C=O) groups excluding carboxylic acids is 1. The van der Waals surface area contributed by atoms with Crippen LogP contribution in [0.1, 0.15) is 39.1 Å². The van der Waals surface area contributed by atoms with Gasteiger partial charge in [-0.05, 0) is 31.5 Å². The van der Waals surface area contributed by atoms with E-state index in [1.165, 1.54) is 11.3 Å². The Bertz CT molecular complexity index is 971. The van der Waals surface area contributed by atoms with Gasteiger partial charge in [0.1, 0.15) is 10.6 Å². The molecular weight excluding hydrogens is 396 g/mol. The quantitative estimate of drug-likeness (QED) is 0.657. The zero-order valence-electron chi connectivity index (χ0n) is 15.5. The van der Waals surface area contributed by atoms with E-state index in [0.717, 1.165) is 34.9 Å². The average Bonchev–Trinajstić information content (AvgIpc) is 3.43. The summed E-state index contributed by atoms with van der Waals surface area (Å²) < 4.78 is 5.74. The second-order valence-corrected chi connectivity index (χ2v) is 8.11. The van der Waals surface area contributed by atoms with Crippen LogP contribution in [-0.2, 0) is 6.42 Å². The first kappa shape index (κ1) is 19.0. The number of H-pyrrole nitrogens is 1. The molecule has 1 aliphatic rings. The normalized spacial score (nSPS) is 16.5. The van der Waals surface area contributed by atoms with Crippen molar-refractivity contribution in [3.63, 3.8) is 0 Å². The van der Waals surface area contributed by atoms with E-state index in [9.17, 15) is 4.79 Å². The Labute approximate surface area is 172 Å². The summed E-state index contributed by atoms with van der Waals surface area (Å²) in [5, 5.41) is 8.16. The molecule has 2 aromatic heterocycles. The van der Waals surface area contributed by atoms with Gasteiger partial charge in [-0.3, -0.25) is 9.89 Å². The van der Waals surface area contributed by atoms with Crippen LogP contribution in [0.2, 0.25) is 5.02 Å². The van der Waals surface area contributed by atoms with Gasteiger partial charge in [0.15, 0.2) is 0 Å². The number of para-hydroxylation sites is 1. The first-order valence-corrected chi connectivity index (χ1v) is 10.5. The van der Waals surface area contributed by atoms with Crippen LogP contribution < -0.4 is 4.74 Å². The number of halogens is 1. The maximum absolute atomic E-state index is 12.7. The van der Waals surface area contributed by atoms with Gasteiger partial charge in [-0.15, -0.1) is 11.3 Å².